The lowest BCUT2D eigenvalue weighted by atomic mass is 10.3. The summed E-state index contributed by atoms with van der Waals surface area (Å²) in [5.74, 6) is 0.821. The van der Waals surface area contributed by atoms with Gasteiger partial charge in [-0.3, -0.25) is 0 Å². The van der Waals surface area contributed by atoms with E-state index in [-0.39, 0.29) is 5.69 Å². The molecule has 0 atom stereocenters. The number of nitrogens with zero attached hydrogens (tertiary/aromatic N) is 3. The van der Waals surface area contributed by atoms with Crippen molar-refractivity contribution in [3.8, 4) is 17.7 Å². The fourth-order valence-corrected chi connectivity index (χ4v) is 1.90. The summed E-state index contributed by atoms with van der Waals surface area (Å²) in [6.07, 6.45) is 0. The van der Waals surface area contributed by atoms with Crippen LogP contribution in [-0.4, -0.2) is 9.97 Å². The molecule has 0 saturated heterocycles. The molecule has 0 saturated carbocycles. The summed E-state index contributed by atoms with van der Waals surface area (Å²) in [5.41, 5.74) is 1.00. The molecular weight excluding hydrogens is 318 g/mol. The van der Waals surface area contributed by atoms with Crippen LogP contribution in [0.25, 0.3) is 0 Å². The lowest BCUT2D eigenvalue weighted by molar-refractivity contribution is 0.456. The quantitative estimate of drug-likeness (QED) is 0.787. The monoisotopic (exact) mass is 323 g/mol. The lowest BCUT2D eigenvalue weighted by Gasteiger charge is -2.07. The van der Waals surface area contributed by atoms with E-state index in [1.54, 1.807) is 18.2 Å². The van der Waals surface area contributed by atoms with Crippen molar-refractivity contribution in [2.24, 2.45) is 0 Å². The van der Waals surface area contributed by atoms with Crippen LogP contribution < -0.4 is 4.74 Å². The highest BCUT2D eigenvalue weighted by Crippen LogP contribution is 2.28. The average molecular weight is 325 g/mol. The third-order valence-electron chi connectivity index (χ3n) is 2.09. The third-order valence-corrected chi connectivity index (χ3v) is 2.97. The number of pyridine rings is 2. The van der Waals surface area contributed by atoms with Gasteiger partial charge < -0.3 is 4.74 Å². The summed E-state index contributed by atoms with van der Waals surface area (Å²) in [5, 5.41) is 9.12. The molecule has 2 aromatic rings. The zero-order valence-corrected chi connectivity index (χ0v) is 11.7. The van der Waals surface area contributed by atoms with Crippen LogP contribution in [0, 0.1) is 18.3 Å². The predicted molar refractivity (Wildman–Crippen MR) is 70.7 cm³/mol. The first kappa shape index (κ1) is 12.8. The number of aromatic nitrogens is 2. The van der Waals surface area contributed by atoms with Crippen molar-refractivity contribution in [2.75, 3.05) is 0 Å². The van der Waals surface area contributed by atoms with Gasteiger partial charge in [0.1, 0.15) is 10.7 Å². The van der Waals surface area contributed by atoms with E-state index in [0.717, 1.165) is 5.69 Å². The minimum Gasteiger partial charge on any atom is -0.436 e. The van der Waals surface area contributed by atoms with Gasteiger partial charge in [-0.05, 0) is 41.1 Å². The maximum Gasteiger partial charge on any atom is 0.220 e. The lowest BCUT2D eigenvalue weighted by Crippen LogP contribution is -1.93. The minimum absolute atomic E-state index is 0.130. The zero-order chi connectivity index (χ0) is 13.1. The fraction of sp³-hybridized carbons (Fsp3) is 0.0833. The summed E-state index contributed by atoms with van der Waals surface area (Å²) in [4.78, 5) is 8.19. The second-order valence-electron chi connectivity index (χ2n) is 3.44. The highest BCUT2D eigenvalue weighted by Gasteiger charge is 2.08. The van der Waals surface area contributed by atoms with E-state index in [1.807, 2.05) is 19.1 Å². The molecule has 0 fully saturated rings. The summed E-state index contributed by atoms with van der Waals surface area (Å²) >= 11 is 9.09. The van der Waals surface area contributed by atoms with Crippen LogP contribution in [0.4, 0.5) is 0 Å². The first-order chi connectivity index (χ1) is 8.60. The second-order valence-corrected chi connectivity index (χ2v) is 4.59. The smallest absolute Gasteiger partial charge is 0.220 e. The van der Waals surface area contributed by atoms with Crippen LogP contribution in [0.5, 0.6) is 11.6 Å². The van der Waals surface area contributed by atoms with Crippen LogP contribution in [-0.2, 0) is 0 Å². The molecule has 0 aliphatic heterocycles. The highest BCUT2D eigenvalue weighted by atomic mass is 79.9. The summed E-state index contributed by atoms with van der Waals surface area (Å²) in [6.45, 7) is 1.88. The summed E-state index contributed by atoms with van der Waals surface area (Å²) in [6, 6.07) is 8.65. The maximum absolute atomic E-state index is 8.83. The molecule has 18 heavy (non-hydrogen) atoms. The number of hydrogen-bond acceptors (Lipinski definition) is 4. The van der Waals surface area contributed by atoms with Gasteiger partial charge >= 0.3 is 0 Å². The van der Waals surface area contributed by atoms with Crippen LogP contribution in [0.3, 0.4) is 0 Å². The Morgan fingerprint density at radius 1 is 1.28 bits per heavy atom. The Morgan fingerprint density at radius 3 is 2.72 bits per heavy atom. The number of hydrogen-bond donors (Lipinski definition) is 0. The Hall–Kier alpha value is -1.64. The number of rotatable bonds is 2. The fourth-order valence-electron chi connectivity index (χ4n) is 1.26. The molecule has 0 aliphatic rings. The summed E-state index contributed by atoms with van der Waals surface area (Å²) < 4.78 is 6.11. The third kappa shape index (κ3) is 2.78. The van der Waals surface area contributed by atoms with E-state index in [1.165, 1.54) is 0 Å². The molecule has 6 heteroatoms. The van der Waals surface area contributed by atoms with Crippen molar-refractivity contribution in [1.29, 1.82) is 5.26 Å². The van der Waals surface area contributed by atoms with Gasteiger partial charge in [-0.15, -0.1) is 0 Å². The largest absolute Gasteiger partial charge is 0.436 e. The van der Waals surface area contributed by atoms with Gasteiger partial charge in [0.15, 0.2) is 11.4 Å². The second kappa shape index (κ2) is 5.34. The van der Waals surface area contributed by atoms with Gasteiger partial charge in [0.05, 0.1) is 5.02 Å². The average Bonchev–Trinajstić information content (AvgIpc) is 2.35. The Morgan fingerprint density at radius 2 is 2.06 bits per heavy atom. The Balaban J connectivity index is 2.32. The van der Waals surface area contributed by atoms with E-state index >= 15 is 0 Å². The predicted octanol–water partition coefficient (Wildman–Crippen LogP) is 3.86. The normalized spacial score (nSPS) is 9.89. The molecule has 2 heterocycles. The van der Waals surface area contributed by atoms with Gasteiger partial charge in [-0.1, -0.05) is 11.6 Å². The first-order valence-corrected chi connectivity index (χ1v) is 6.15. The first-order valence-electron chi connectivity index (χ1n) is 4.98. The highest BCUT2D eigenvalue weighted by molar-refractivity contribution is 9.10. The van der Waals surface area contributed by atoms with Crippen LogP contribution in [0.15, 0.2) is 28.9 Å². The minimum atomic E-state index is 0.130. The Labute approximate surface area is 117 Å². The van der Waals surface area contributed by atoms with E-state index in [4.69, 9.17) is 21.6 Å². The van der Waals surface area contributed by atoms with Crippen molar-refractivity contribution in [2.45, 2.75) is 6.92 Å². The zero-order valence-electron chi connectivity index (χ0n) is 9.32. The number of ether oxygens (including phenoxy) is 1. The molecule has 2 aromatic heterocycles. The van der Waals surface area contributed by atoms with Crippen molar-refractivity contribution >= 4 is 27.5 Å². The van der Waals surface area contributed by atoms with Crippen LogP contribution in [0.1, 0.15) is 11.4 Å². The molecule has 0 spiro atoms. The standard InChI is InChI=1S/C12H7BrClN3O/c1-7-2-4-10(12(13)16-7)18-11-5-3-8(14)9(6-15)17-11/h2-5H,1H3. The van der Waals surface area contributed by atoms with Gasteiger partial charge in [0.25, 0.3) is 0 Å². The molecule has 90 valence electrons. The number of aryl methyl sites for hydroxylation is 1. The molecule has 0 amide bonds. The number of halogens is 2. The van der Waals surface area contributed by atoms with Crippen molar-refractivity contribution in [3.05, 3.63) is 45.3 Å². The molecule has 0 aromatic carbocycles. The van der Waals surface area contributed by atoms with E-state index in [0.29, 0.717) is 21.3 Å². The SMILES string of the molecule is Cc1ccc(Oc2ccc(Cl)c(C#N)n2)c(Br)n1. The van der Waals surface area contributed by atoms with Crippen molar-refractivity contribution in [3.63, 3.8) is 0 Å². The molecule has 4 nitrogen and oxygen atoms in total. The Bertz CT molecular complexity index is 640. The van der Waals surface area contributed by atoms with Crippen LogP contribution >= 0.6 is 27.5 Å². The Kier molecular flexibility index (Phi) is 3.80. The summed E-state index contributed by atoms with van der Waals surface area (Å²) in [7, 11) is 0. The molecule has 0 radical (unpaired) electrons. The van der Waals surface area contributed by atoms with E-state index < -0.39 is 0 Å². The molecule has 0 unspecified atom stereocenters. The molecule has 2 rings (SSSR count). The molecule has 0 bridgehead atoms. The van der Waals surface area contributed by atoms with Crippen LogP contribution in [0.2, 0.25) is 5.02 Å². The van der Waals surface area contributed by atoms with Gasteiger partial charge in [-0.25, -0.2) is 9.97 Å². The van der Waals surface area contributed by atoms with Crippen molar-refractivity contribution < 1.29 is 4.74 Å². The molecular formula is C12H7BrClN3O. The maximum atomic E-state index is 8.83. The van der Waals surface area contributed by atoms with Gasteiger partial charge in [-0.2, -0.15) is 5.26 Å². The topological polar surface area (TPSA) is 58.8 Å². The van der Waals surface area contributed by atoms with Gasteiger partial charge in [0, 0.05) is 11.8 Å². The van der Waals surface area contributed by atoms with Crippen molar-refractivity contribution in [1.82, 2.24) is 9.97 Å². The van der Waals surface area contributed by atoms with E-state index in [2.05, 4.69) is 25.9 Å². The van der Waals surface area contributed by atoms with Gasteiger partial charge in [0.2, 0.25) is 5.88 Å². The molecule has 0 N–H and O–H groups in total. The number of nitriles is 1. The van der Waals surface area contributed by atoms with E-state index in [9.17, 15) is 0 Å². The molecule has 0 aliphatic carbocycles.